The fraction of sp³-hybridized carbons (Fsp3) is 0.263. The maximum Gasteiger partial charge on any atom is 0.139 e. The van der Waals surface area contributed by atoms with Gasteiger partial charge in [-0.1, -0.05) is 42.0 Å². The van der Waals surface area contributed by atoms with Gasteiger partial charge in [0, 0.05) is 19.0 Å². The Hall–Kier alpha value is -2.46. The van der Waals surface area contributed by atoms with Gasteiger partial charge >= 0.3 is 0 Å². The molecule has 0 aliphatic heterocycles. The van der Waals surface area contributed by atoms with Crippen molar-refractivity contribution < 1.29 is 4.74 Å². The van der Waals surface area contributed by atoms with Gasteiger partial charge in [-0.3, -0.25) is 0 Å². The van der Waals surface area contributed by atoms with Crippen LogP contribution < -0.4 is 4.90 Å². The highest BCUT2D eigenvalue weighted by Crippen LogP contribution is 2.21. The third-order valence-electron chi connectivity index (χ3n) is 3.84. The molecule has 1 heterocycles. The van der Waals surface area contributed by atoms with Crippen molar-refractivity contribution in [2.24, 2.45) is 0 Å². The molecule has 4 heteroatoms. The summed E-state index contributed by atoms with van der Waals surface area (Å²) in [5, 5.41) is 1.07. The number of para-hydroxylation sites is 1. The molecule has 118 valence electrons. The predicted octanol–water partition coefficient (Wildman–Crippen LogP) is 3.59. The minimum atomic E-state index is 0.638. The van der Waals surface area contributed by atoms with Crippen molar-refractivity contribution in [3.63, 3.8) is 0 Å². The summed E-state index contributed by atoms with van der Waals surface area (Å²) in [5.74, 6) is 0.939. The van der Waals surface area contributed by atoms with E-state index in [-0.39, 0.29) is 0 Å². The lowest BCUT2D eigenvalue weighted by atomic mass is 10.2. The van der Waals surface area contributed by atoms with Gasteiger partial charge in [-0.05, 0) is 24.6 Å². The molecule has 0 radical (unpaired) electrons. The van der Waals surface area contributed by atoms with E-state index in [1.165, 1.54) is 11.1 Å². The molecule has 2 aromatic carbocycles. The molecule has 0 unspecified atom stereocenters. The fourth-order valence-electron chi connectivity index (χ4n) is 2.48. The Morgan fingerprint density at radius 1 is 1.00 bits per heavy atom. The predicted molar refractivity (Wildman–Crippen MR) is 93.6 cm³/mol. The summed E-state index contributed by atoms with van der Waals surface area (Å²) in [7, 11) is 2.03. The van der Waals surface area contributed by atoms with Gasteiger partial charge in [-0.15, -0.1) is 0 Å². The molecule has 0 N–H and O–H groups in total. The van der Waals surface area contributed by atoms with Gasteiger partial charge in [0.25, 0.3) is 0 Å². The average Bonchev–Trinajstić information content (AvgIpc) is 2.59. The number of likely N-dealkylation sites (N-methyl/N-ethyl adjacent to an activating group) is 1. The summed E-state index contributed by atoms with van der Waals surface area (Å²) >= 11 is 0. The van der Waals surface area contributed by atoms with Gasteiger partial charge in [-0.2, -0.15) is 0 Å². The molecule has 0 saturated carbocycles. The van der Waals surface area contributed by atoms with Crippen molar-refractivity contribution in [2.45, 2.75) is 13.5 Å². The van der Waals surface area contributed by atoms with Crippen LogP contribution in [0.2, 0.25) is 0 Å². The molecular weight excluding hydrogens is 286 g/mol. The number of hydrogen-bond donors (Lipinski definition) is 0. The van der Waals surface area contributed by atoms with Crippen molar-refractivity contribution in [1.82, 2.24) is 9.97 Å². The van der Waals surface area contributed by atoms with Crippen molar-refractivity contribution in [1.29, 1.82) is 0 Å². The molecule has 0 atom stereocenters. The molecule has 0 aliphatic carbocycles. The zero-order chi connectivity index (χ0) is 16.1. The van der Waals surface area contributed by atoms with E-state index in [1.54, 1.807) is 6.33 Å². The van der Waals surface area contributed by atoms with Crippen LogP contribution in [-0.4, -0.2) is 30.2 Å². The summed E-state index contributed by atoms with van der Waals surface area (Å²) in [4.78, 5) is 10.8. The second-order valence-electron chi connectivity index (χ2n) is 5.67. The maximum atomic E-state index is 5.78. The van der Waals surface area contributed by atoms with Crippen LogP contribution in [-0.2, 0) is 11.3 Å². The normalized spacial score (nSPS) is 10.9. The number of anilines is 1. The summed E-state index contributed by atoms with van der Waals surface area (Å²) < 4.78 is 5.78. The van der Waals surface area contributed by atoms with Crippen LogP contribution >= 0.6 is 0 Å². The lowest BCUT2D eigenvalue weighted by Crippen LogP contribution is -2.23. The largest absolute Gasteiger partial charge is 0.375 e. The Morgan fingerprint density at radius 3 is 2.61 bits per heavy atom. The zero-order valence-electron chi connectivity index (χ0n) is 13.6. The van der Waals surface area contributed by atoms with E-state index in [9.17, 15) is 0 Å². The smallest absolute Gasteiger partial charge is 0.139 e. The second-order valence-corrected chi connectivity index (χ2v) is 5.67. The SMILES string of the molecule is Cc1ccc(COCCN(C)c2ncnc3ccccc23)cc1. The van der Waals surface area contributed by atoms with Crippen LogP contribution in [0.1, 0.15) is 11.1 Å². The lowest BCUT2D eigenvalue weighted by Gasteiger charge is -2.19. The Labute approximate surface area is 136 Å². The van der Waals surface area contributed by atoms with Crippen LogP contribution in [0.4, 0.5) is 5.82 Å². The molecule has 0 fully saturated rings. The average molecular weight is 307 g/mol. The van der Waals surface area contributed by atoms with E-state index in [0.717, 1.165) is 23.3 Å². The Kier molecular flexibility index (Phi) is 4.83. The summed E-state index contributed by atoms with van der Waals surface area (Å²) in [6, 6.07) is 16.5. The Bertz CT molecular complexity index is 766. The monoisotopic (exact) mass is 307 g/mol. The topological polar surface area (TPSA) is 38.2 Å². The third kappa shape index (κ3) is 3.85. The second kappa shape index (κ2) is 7.20. The van der Waals surface area contributed by atoms with Crippen molar-refractivity contribution >= 4 is 16.7 Å². The first kappa shape index (κ1) is 15.4. The van der Waals surface area contributed by atoms with Crippen molar-refractivity contribution in [3.8, 4) is 0 Å². The molecular formula is C19H21N3O. The highest BCUT2D eigenvalue weighted by Gasteiger charge is 2.07. The molecule has 3 aromatic rings. The molecule has 3 rings (SSSR count). The first-order valence-electron chi connectivity index (χ1n) is 7.78. The van der Waals surface area contributed by atoms with Crippen molar-refractivity contribution in [2.75, 3.05) is 25.1 Å². The number of nitrogens with zero attached hydrogens (tertiary/aromatic N) is 3. The Morgan fingerprint density at radius 2 is 1.78 bits per heavy atom. The molecule has 1 aromatic heterocycles. The van der Waals surface area contributed by atoms with E-state index >= 15 is 0 Å². The zero-order valence-corrected chi connectivity index (χ0v) is 13.6. The third-order valence-corrected chi connectivity index (χ3v) is 3.84. The molecule has 4 nitrogen and oxygen atoms in total. The maximum absolute atomic E-state index is 5.78. The van der Waals surface area contributed by atoms with Crippen molar-refractivity contribution in [3.05, 3.63) is 66.0 Å². The van der Waals surface area contributed by atoms with Gasteiger partial charge in [0.05, 0.1) is 18.7 Å². The standard InChI is InChI=1S/C19H21N3O/c1-15-7-9-16(10-8-15)13-23-12-11-22(2)19-17-5-3-4-6-18(17)20-14-21-19/h3-10,14H,11-13H2,1-2H3. The van der Waals surface area contributed by atoms with Gasteiger partial charge in [0.2, 0.25) is 0 Å². The number of ether oxygens (including phenoxy) is 1. The van der Waals surface area contributed by atoms with Crippen LogP contribution in [0, 0.1) is 6.92 Å². The molecule has 0 spiro atoms. The van der Waals surface area contributed by atoms with Crippen LogP contribution in [0.5, 0.6) is 0 Å². The summed E-state index contributed by atoms with van der Waals surface area (Å²) in [6.07, 6.45) is 1.61. The molecule has 0 aliphatic rings. The molecule has 0 bridgehead atoms. The summed E-state index contributed by atoms with van der Waals surface area (Å²) in [6.45, 7) is 4.17. The first-order valence-corrected chi connectivity index (χ1v) is 7.78. The first-order chi connectivity index (χ1) is 11.2. The lowest BCUT2D eigenvalue weighted by molar-refractivity contribution is 0.127. The van der Waals surface area contributed by atoms with Gasteiger partial charge in [-0.25, -0.2) is 9.97 Å². The number of rotatable bonds is 6. The highest BCUT2D eigenvalue weighted by atomic mass is 16.5. The van der Waals surface area contributed by atoms with E-state index in [4.69, 9.17) is 4.74 Å². The van der Waals surface area contributed by atoms with Crippen LogP contribution in [0.15, 0.2) is 54.9 Å². The molecule has 0 amide bonds. The fourth-order valence-corrected chi connectivity index (χ4v) is 2.48. The number of fused-ring (bicyclic) bond motifs is 1. The number of hydrogen-bond acceptors (Lipinski definition) is 4. The minimum Gasteiger partial charge on any atom is -0.375 e. The van der Waals surface area contributed by atoms with E-state index in [2.05, 4.69) is 46.1 Å². The number of aryl methyl sites for hydroxylation is 1. The summed E-state index contributed by atoms with van der Waals surface area (Å²) in [5.41, 5.74) is 3.43. The van der Waals surface area contributed by atoms with Crippen LogP contribution in [0.3, 0.4) is 0 Å². The number of aromatic nitrogens is 2. The molecule has 0 saturated heterocycles. The van der Waals surface area contributed by atoms with Crippen LogP contribution in [0.25, 0.3) is 10.9 Å². The van der Waals surface area contributed by atoms with E-state index in [1.807, 2.05) is 31.3 Å². The van der Waals surface area contributed by atoms with Gasteiger partial charge < -0.3 is 9.64 Å². The van der Waals surface area contributed by atoms with Gasteiger partial charge in [0.15, 0.2) is 0 Å². The molecule has 23 heavy (non-hydrogen) atoms. The van der Waals surface area contributed by atoms with E-state index in [0.29, 0.717) is 13.2 Å². The van der Waals surface area contributed by atoms with Gasteiger partial charge in [0.1, 0.15) is 12.1 Å². The number of benzene rings is 2. The minimum absolute atomic E-state index is 0.638. The highest BCUT2D eigenvalue weighted by molar-refractivity contribution is 5.89. The quantitative estimate of drug-likeness (QED) is 0.652. The van der Waals surface area contributed by atoms with E-state index < -0.39 is 0 Å². The Balaban J connectivity index is 1.56.